The van der Waals surface area contributed by atoms with E-state index < -0.39 is 0 Å². The predicted molar refractivity (Wildman–Crippen MR) is 115 cm³/mol. The minimum absolute atomic E-state index is 0.0402. The minimum Gasteiger partial charge on any atom is -0.506 e. The minimum atomic E-state index is -0.223. The highest BCUT2D eigenvalue weighted by molar-refractivity contribution is 9.11. The molecule has 0 saturated heterocycles. The van der Waals surface area contributed by atoms with E-state index in [1.807, 2.05) is 12.1 Å². The van der Waals surface area contributed by atoms with E-state index in [0.29, 0.717) is 45.0 Å². The first-order chi connectivity index (χ1) is 14.0. The molecule has 1 aromatic carbocycles. The Bertz CT molecular complexity index is 1080. The second kappa shape index (κ2) is 8.00. The number of halogens is 2. The third kappa shape index (κ3) is 3.79. The maximum Gasteiger partial charge on any atom is 0.258 e. The van der Waals surface area contributed by atoms with Crippen LogP contribution in [0.5, 0.6) is 17.4 Å². The molecular formula is C20H15Br2N3O4. The molecule has 0 atom stereocenters. The van der Waals surface area contributed by atoms with Gasteiger partial charge in [-0.25, -0.2) is 4.98 Å². The number of fused-ring (bicyclic) bond motifs is 1. The number of aromatic hydroxyl groups is 1. The van der Waals surface area contributed by atoms with Crippen LogP contribution in [0.4, 0.5) is 5.69 Å². The molecule has 0 unspecified atom stereocenters. The van der Waals surface area contributed by atoms with Gasteiger partial charge in [0.1, 0.15) is 23.8 Å². The van der Waals surface area contributed by atoms with Crippen molar-refractivity contribution >= 4 is 43.5 Å². The van der Waals surface area contributed by atoms with Gasteiger partial charge in [-0.2, -0.15) is 0 Å². The predicted octanol–water partition coefficient (Wildman–Crippen LogP) is 4.42. The zero-order valence-electron chi connectivity index (χ0n) is 15.2. The highest BCUT2D eigenvalue weighted by Gasteiger charge is 2.27. The van der Waals surface area contributed by atoms with Crippen LogP contribution in [0, 0.1) is 0 Å². The average Bonchev–Trinajstić information content (AvgIpc) is 2.75. The highest BCUT2D eigenvalue weighted by atomic mass is 79.9. The Morgan fingerprint density at radius 1 is 1.14 bits per heavy atom. The third-order valence-electron chi connectivity index (χ3n) is 4.47. The van der Waals surface area contributed by atoms with Gasteiger partial charge in [0.2, 0.25) is 5.88 Å². The van der Waals surface area contributed by atoms with Crippen molar-refractivity contribution in [1.29, 1.82) is 0 Å². The van der Waals surface area contributed by atoms with Crippen LogP contribution in [0.25, 0.3) is 11.1 Å². The molecule has 2 aromatic heterocycles. The van der Waals surface area contributed by atoms with Gasteiger partial charge in [0.25, 0.3) is 5.91 Å². The molecule has 0 bridgehead atoms. The van der Waals surface area contributed by atoms with Crippen LogP contribution < -0.4 is 14.4 Å². The lowest BCUT2D eigenvalue weighted by Crippen LogP contribution is -2.38. The van der Waals surface area contributed by atoms with Gasteiger partial charge in [0.05, 0.1) is 28.8 Å². The number of methoxy groups -OCH3 is 1. The number of hydrogen-bond donors (Lipinski definition) is 1. The summed E-state index contributed by atoms with van der Waals surface area (Å²) < 4.78 is 11.7. The van der Waals surface area contributed by atoms with Crippen LogP contribution in [-0.2, 0) is 0 Å². The molecule has 4 rings (SSSR count). The summed E-state index contributed by atoms with van der Waals surface area (Å²) in [4.78, 5) is 23.4. The number of carbonyl (C=O) groups is 1. The van der Waals surface area contributed by atoms with Crippen molar-refractivity contribution in [1.82, 2.24) is 9.97 Å². The topological polar surface area (TPSA) is 84.8 Å². The zero-order valence-corrected chi connectivity index (χ0v) is 18.4. The Morgan fingerprint density at radius 3 is 2.59 bits per heavy atom. The Labute approximate surface area is 183 Å². The molecule has 1 amide bonds. The molecule has 9 heteroatoms. The molecule has 0 spiro atoms. The number of phenolic OH excluding ortho intramolecular Hbond substituents is 1. The van der Waals surface area contributed by atoms with Gasteiger partial charge in [-0.05, 0) is 56.1 Å². The van der Waals surface area contributed by atoms with Crippen molar-refractivity contribution in [2.24, 2.45) is 0 Å². The number of ether oxygens (including phenoxy) is 2. The SMILES string of the molecule is COc1cncc(-c2cnc3c(c2)N(C(=O)c2cc(Br)c(O)c(Br)c2)CCO3)c1. The van der Waals surface area contributed by atoms with Crippen molar-refractivity contribution in [2.75, 3.05) is 25.2 Å². The lowest BCUT2D eigenvalue weighted by atomic mass is 10.1. The van der Waals surface area contributed by atoms with E-state index >= 15 is 0 Å². The second-order valence-corrected chi connectivity index (χ2v) is 7.96. The van der Waals surface area contributed by atoms with Crippen molar-refractivity contribution in [3.8, 4) is 28.5 Å². The Kier molecular flexibility index (Phi) is 5.42. The van der Waals surface area contributed by atoms with Crippen LogP contribution in [-0.4, -0.2) is 41.2 Å². The number of phenols is 1. The van der Waals surface area contributed by atoms with Gasteiger partial charge in [0.15, 0.2) is 0 Å². The van der Waals surface area contributed by atoms with E-state index in [9.17, 15) is 9.90 Å². The van der Waals surface area contributed by atoms with E-state index in [1.165, 1.54) is 0 Å². The summed E-state index contributed by atoms with van der Waals surface area (Å²) in [5, 5.41) is 9.92. The molecule has 1 aliphatic rings. The fraction of sp³-hybridized carbons (Fsp3) is 0.150. The number of aromatic nitrogens is 2. The fourth-order valence-electron chi connectivity index (χ4n) is 3.00. The molecule has 1 aliphatic heterocycles. The number of pyridine rings is 2. The highest BCUT2D eigenvalue weighted by Crippen LogP contribution is 2.37. The normalized spacial score (nSPS) is 12.9. The van der Waals surface area contributed by atoms with E-state index in [1.54, 1.807) is 42.7 Å². The Hall–Kier alpha value is -2.65. The summed E-state index contributed by atoms with van der Waals surface area (Å²) in [5.74, 6) is 0.835. The Balaban J connectivity index is 1.74. The summed E-state index contributed by atoms with van der Waals surface area (Å²) in [5.41, 5.74) is 2.59. The molecular weight excluding hydrogens is 506 g/mol. The summed E-state index contributed by atoms with van der Waals surface area (Å²) in [6.07, 6.45) is 5.00. The average molecular weight is 521 g/mol. The smallest absolute Gasteiger partial charge is 0.258 e. The maximum atomic E-state index is 13.2. The lowest BCUT2D eigenvalue weighted by molar-refractivity contribution is 0.0975. The third-order valence-corrected chi connectivity index (χ3v) is 5.68. The summed E-state index contributed by atoms with van der Waals surface area (Å²) >= 11 is 6.54. The standard InChI is InChI=1S/C20H15Br2N3O4/c1-28-14-4-12(8-23-10-14)13-7-17-19(24-9-13)29-3-2-25(17)20(27)11-5-15(21)18(26)16(22)6-11/h4-10,26H,2-3H2,1H3. The van der Waals surface area contributed by atoms with Crippen LogP contribution in [0.3, 0.4) is 0 Å². The maximum absolute atomic E-state index is 13.2. The number of rotatable bonds is 3. The number of carbonyl (C=O) groups excluding carboxylic acids is 1. The number of hydrogen-bond acceptors (Lipinski definition) is 6. The Morgan fingerprint density at radius 2 is 1.86 bits per heavy atom. The van der Waals surface area contributed by atoms with Gasteiger partial charge in [-0.3, -0.25) is 9.78 Å². The van der Waals surface area contributed by atoms with Gasteiger partial charge in [-0.1, -0.05) is 0 Å². The van der Waals surface area contributed by atoms with E-state index in [0.717, 1.165) is 11.1 Å². The monoisotopic (exact) mass is 519 g/mol. The van der Waals surface area contributed by atoms with Crippen LogP contribution >= 0.6 is 31.9 Å². The second-order valence-electron chi connectivity index (χ2n) is 6.26. The van der Waals surface area contributed by atoms with E-state index in [4.69, 9.17) is 9.47 Å². The van der Waals surface area contributed by atoms with Crippen LogP contribution in [0.1, 0.15) is 10.4 Å². The fourth-order valence-corrected chi connectivity index (χ4v) is 4.19. The summed E-state index contributed by atoms with van der Waals surface area (Å²) in [6.45, 7) is 0.718. The molecule has 0 radical (unpaired) electrons. The first-order valence-corrected chi connectivity index (χ1v) is 10.2. The van der Waals surface area contributed by atoms with Crippen molar-refractivity contribution < 1.29 is 19.4 Å². The lowest BCUT2D eigenvalue weighted by Gasteiger charge is -2.29. The molecule has 7 nitrogen and oxygen atoms in total. The number of anilines is 1. The molecule has 1 N–H and O–H groups in total. The summed E-state index contributed by atoms with van der Waals surface area (Å²) in [6, 6.07) is 6.86. The van der Waals surface area contributed by atoms with Gasteiger partial charge < -0.3 is 19.5 Å². The number of benzene rings is 1. The molecule has 148 valence electrons. The zero-order chi connectivity index (χ0) is 20.5. The van der Waals surface area contributed by atoms with E-state index in [-0.39, 0.29) is 11.7 Å². The number of amides is 1. The van der Waals surface area contributed by atoms with Crippen molar-refractivity contribution in [3.63, 3.8) is 0 Å². The van der Waals surface area contributed by atoms with E-state index in [2.05, 4.69) is 41.8 Å². The first kappa shape index (κ1) is 19.7. The first-order valence-electron chi connectivity index (χ1n) is 8.60. The quantitative estimate of drug-likeness (QED) is 0.550. The molecule has 0 saturated carbocycles. The van der Waals surface area contributed by atoms with Gasteiger partial charge in [0, 0.05) is 29.1 Å². The molecule has 29 heavy (non-hydrogen) atoms. The van der Waals surface area contributed by atoms with Gasteiger partial charge in [-0.15, -0.1) is 0 Å². The molecule has 3 aromatic rings. The molecule has 0 fully saturated rings. The van der Waals surface area contributed by atoms with Crippen LogP contribution in [0.2, 0.25) is 0 Å². The molecule has 0 aliphatic carbocycles. The van der Waals surface area contributed by atoms with Crippen molar-refractivity contribution in [2.45, 2.75) is 0 Å². The molecule has 3 heterocycles. The largest absolute Gasteiger partial charge is 0.506 e. The van der Waals surface area contributed by atoms with Crippen LogP contribution in [0.15, 0.2) is 51.8 Å². The number of nitrogens with zero attached hydrogens (tertiary/aromatic N) is 3. The van der Waals surface area contributed by atoms with Crippen molar-refractivity contribution in [3.05, 3.63) is 57.4 Å². The summed E-state index contributed by atoms with van der Waals surface area (Å²) in [7, 11) is 1.58. The van der Waals surface area contributed by atoms with Gasteiger partial charge >= 0.3 is 0 Å².